The monoisotopic (exact) mass is 347 g/mol. The first-order chi connectivity index (χ1) is 11.0. The number of carbonyl (C=O) groups excluding carboxylic acids is 3. The Morgan fingerprint density at radius 1 is 0.826 bits per heavy atom. The molecule has 0 heterocycles. The minimum absolute atomic E-state index is 0.140. The summed E-state index contributed by atoms with van der Waals surface area (Å²) in [7, 11) is 0. The average molecular weight is 347 g/mol. The second-order valence-corrected chi connectivity index (χ2v) is 6.24. The van der Waals surface area contributed by atoms with Gasteiger partial charge in [0.2, 0.25) is 0 Å². The second-order valence-electron chi connectivity index (χ2n) is 5.02. The molecular formula is C16H29NO5S. The SMILES string of the molecule is CCOC(=O)CCSCCN(CCC(C)=O)CCC(=O)OCC. The number of hydrogen-bond donors (Lipinski definition) is 0. The van der Waals surface area contributed by atoms with E-state index >= 15 is 0 Å². The molecular weight excluding hydrogens is 318 g/mol. The lowest BCUT2D eigenvalue weighted by molar-refractivity contribution is -0.144. The van der Waals surface area contributed by atoms with E-state index in [0.29, 0.717) is 45.6 Å². The van der Waals surface area contributed by atoms with Crippen LogP contribution >= 0.6 is 11.8 Å². The molecule has 0 aromatic carbocycles. The van der Waals surface area contributed by atoms with Gasteiger partial charge in [-0.3, -0.25) is 14.4 Å². The predicted molar refractivity (Wildman–Crippen MR) is 91.6 cm³/mol. The van der Waals surface area contributed by atoms with Crippen LogP contribution in [0.1, 0.15) is 40.0 Å². The second kappa shape index (κ2) is 14.5. The summed E-state index contributed by atoms with van der Waals surface area (Å²) in [5.41, 5.74) is 0. The third-order valence-corrected chi connectivity index (χ3v) is 3.99. The van der Waals surface area contributed by atoms with Gasteiger partial charge in [0.15, 0.2) is 0 Å². The quantitative estimate of drug-likeness (QED) is 0.351. The molecule has 0 amide bonds. The smallest absolute Gasteiger partial charge is 0.307 e. The lowest BCUT2D eigenvalue weighted by Gasteiger charge is -2.21. The number of ketones is 1. The van der Waals surface area contributed by atoms with Crippen LogP contribution in [0.5, 0.6) is 0 Å². The largest absolute Gasteiger partial charge is 0.466 e. The van der Waals surface area contributed by atoms with Crippen LogP contribution in [0, 0.1) is 0 Å². The van der Waals surface area contributed by atoms with E-state index in [2.05, 4.69) is 4.90 Å². The standard InChI is InChI=1S/C16H29NO5S/c1-4-21-15(19)7-10-17(9-6-14(3)18)11-13-23-12-8-16(20)22-5-2/h4-13H2,1-3H3. The molecule has 0 atom stereocenters. The van der Waals surface area contributed by atoms with Crippen LogP contribution in [-0.2, 0) is 23.9 Å². The molecule has 0 spiro atoms. The molecule has 0 unspecified atom stereocenters. The zero-order valence-corrected chi connectivity index (χ0v) is 15.3. The molecule has 0 aliphatic heterocycles. The van der Waals surface area contributed by atoms with Gasteiger partial charge in [0.1, 0.15) is 5.78 Å². The third kappa shape index (κ3) is 14.3. The van der Waals surface area contributed by atoms with Crippen molar-refractivity contribution < 1.29 is 23.9 Å². The molecule has 0 radical (unpaired) electrons. The molecule has 0 saturated heterocycles. The number of carbonyl (C=O) groups is 3. The average Bonchev–Trinajstić information content (AvgIpc) is 2.49. The molecule has 0 aromatic rings. The maximum absolute atomic E-state index is 11.4. The zero-order valence-electron chi connectivity index (χ0n) is 14.5. The van der Waals surface area contributed by atoms with Crippen molar-refractivity contribution >= 4 is 29.5 Å². The Bertz CT molecular complexity index is 362. The molecule has 7 heteroatoms. The predicted octanol–water partition coefficient (Wildman–Crippen LogP) is 1.91. The van der Waals surface area contributed by atoms with E-state index in [9.17, 15) is 14.4 Å². The highest BCUT2D eigenvalue weighted by Gasteiger charge is 2.10. The highest BCUT2D eigenvalue weighted by atomic mass is 32.2. The summed E-state index contributed by atoms with van der Waals surface area (Å²) >= 11 is 1.67. The van der Waals surface area contributed by atoms with Crippen LogP contribution in [0.15, 0.2) is 0 Å². The van der Waals surface area contributed by atoms with E-state index in [-0.39, 0.29) is 17.7 Å². The van der Waals surface area contributed by atoms with E-state index < -0.39 is 0 Å². The number of nitrogens with zero attached hydrogens (tertiary/aromatic N) is 1. The first kappa shape index (κ1) is 21.9. The van der Waals surface area contributed by atoms with Gasteiger partial charge in [-0.2, -0.15) is 11.8 Å². The fourth-order valence-corrected chi connectivity index (χ4v) is 2.72. The molecule has 0 bridgehead atoms. The van der Waals surface area contributed by atoms with Crippen molar-refractivity contribution in [2.75, 3.05) is 44.4 Å². The summed E-state index contributed by atoms with van der Waals surface area (Å²) in [6.07, 6.45) is 1.23. The van der Waals surface area contributed by atoms with Gasteiger partial charge >= 0.3 is 11.9 Å². The molecule has 0 aliphatic rings. The fraction of sp³-hybridized carbons (Fsp3) is 0.812. The molecule has 0 N–H and O–H groups in total. The topological polar surface area (TPSA) is 72.9 Å². The number of ether oxygens (including phenoxy) is 2. The number of esters is 2. The molecule has 0 rings (SSSR count). The van der Waals surface area contributed by atoms with Crippen LogP contribution in [0.4, 0.5) is 0 Å². The van der Waals surface area contributed by atoms with Crippen LogP contribution < -0.4 is 0 Å². The van der Waals surface area contributed by atoms with Gasteiger partial charge in [-0.25, -0.2) is 0 Å². The first-order valence-corrected chi connectivity index (χ1v) is 9.25. The summed E-state index contributed by atoms with van der Waals surface area (Å²) in [4.78, 5) is 35.9. The van der Waals surface area contributed by atoms with Gasteiger partial charge in [-0.1, -0.05) is 0 Å². The maximum Gasteiger partial charge on any atom is 0.307 e. The molecule has 0 aliphatic carbocycles. The lowest BCUT2D eigenvalue weighted by Crippen LogP contribution is -2.31. The minimum atomic E-state index is -0.213. The van der Waals surface area contributed by atoms with Crippen molar-refractivity contribution in [3.05, 3.63) is 0 Å². The summed E-state index contributed by atoms with van der Waals surface area (Å²) in [5, 5.41) is 0. The Morgan fingerprint density at radius 3 is 1.96 bits per heavy atom. The number of rotatable bonds is 14. The van der Waals surface area contributed by atoms with Crippen molar-refractivity contribution in [3.8, 4) is 0 Å². The van der Waals surface area contributed by atoms with E-state index in [1.807, 2.05) is 0 Å². The Labute approximate surface area is 143 Å². The lowest BCUT2D eigenvalue weighted by atomic mass is 10.3. The van der Waals surface area contributed by atoms with Gasteiger partial charge in [0, 0.05) is 37.6 Å². The van der Waals surface area contributed by atoms with Gasteiger partial charge in [0.05, 0.1) is 26.1 Å². The summed E-state index contributed by atoms with van der Waals surface area (Å²) < 4.78 is 9.79. The van der Waals surface area contributed by atoms with Crippen LogP contribution in [0.25, 0.3) is 0 Å². The Kier molecular flexibility index (Phi) is 13.8. The maximum atomic E-state index is 11.4. The Balaban J connectivity index is 3.98. The van der Waals surface area contributed by atoms with E-state index in [4.69, 9.17) is 9.47 Å². The minimum Gasteiger partial charge on any atom is -0.466 e. The summed E-state index contributed by atoms with van der Waals surface area (Å²) in [5.74, 6) is 1.32. The van der Waals surface area contributed by atoms with Crippen molar-refractivity contribution in [2.24, 2.45) is 0 Å². The van der Waals surface area contributed by atoms with Crippen molar-refractivity contribution in [3.63, 3.8) is 0 Å². The van der Waals surface area contributed by atoms with Gasteiger partial charge < -0.3 is 14.4 Å². The number of hydrogen-bond acceptors (Lipinski definition) is 7. The zero-order chi connectivity index (χ0) is 17.5. The number of thioether (sulfide) groups is 1. The van der Waals surface area contributed by atoms with Gasteiger partial charge in [0.25, 0.3) is 0 Å². The first-order valence-electron chi connectivity index (χ1n) is 8.10. The van der Waals surface area contributed by atoms with Crippen molar-refractivity contribution in [1.82, 2.24) is 4.90 Å². The molecule has 134 valence electrons. The van der Waals surface area contributed by atoms with Gasteiger partial charge in [-0.05, 0) is 20.8 Å². The molecule has 0 saturated carbocycles. The van der Waals surface area contributed by atoms with Crippen molar-refractivity contribution in [2.45, 2.75) is 40.0 Å². The Morgan fingerprint density at radius 2 is 1.39 bits per heavy atom. The highest BCUT2D eigenvalue weighted by Crippen LogP contribution is 2.06. The Hall–Kier alpha value is -1.08. The molecule has 23 heavy (non-hydrogen) atoms. The van der Waals surface area contributed by atoms with Gasteiger partial charge in [-0.15, -0.1) is 0 Å². The molecule has 0 aromatic heterocycles. The third-order valence-electron chi connectivity index (χ3n) is 3.03. The van der Waals surface area contributed by atoms with Crippen LogP contribution in [-0.4, -0.2) is 67.0 Å². The normalized spacial score (nSPS) is 10.6. The van der Waals surface area contributed by atoms with E-state index in [1.54, 1.807) is 32.5 Å². The molecule has 0 fully saturated rings. The van der Waals surface area contributed by atoms with Crippen LogP contribution in [0.2, 0.25) is 0 Å². The molecule has 6 nitrogen and oxygen atoms in total. The summed E-state index contributed by atoms with van der Waals surface area (Å²) in [6.45, 7) is 7.95. The fourth-order valence-electron chi connectivity index (χ4n) is 1.82. The van der Waals surface area contributed by atoms with Crippen LogP contribution in [0.3, 0.4) is 0 Å². The van der Waals surface area contributed by atoms with E-state index in [0.717, 1.165) is 18.1 Å². The van der Waals surface area contributed by atoms with E-state index in [1.165, 1.54) is 0 Å². The van der Waals surface area contributed by atoms with Crippen molar-refractivity contribution in [1.29, 1.82) is 0 Å². The summed E-state index contributed by atoms with van der Waals surface area (Å²) in [6, 6.07) is 0. The highest BCUT2D eigenvalue weighted by molar-refractivity contribution is 7.99. The number of Topliss-reactive ketones (excluding diaryl/α,β-unsaturated/α-hetero) is 1.